The van der Waals surface area contributed by atoms with E-state index >= 15 is 0 Å². The number of aliphatic imine (C=N–C) groups is 1. The maximum atomic E-state index is 12.1. The molecule has 132 valence electrons. The molecule has 1 saturated heterocycles. The molecule has 2 fully saturated rings. The van der Waals surface area contributed by atoms with E-state index in [0.717, 1.165) is 38.9 Å². The Kier molecular flexibility index (Phi) is 7.15. The maximum absolute atomic E-state index is 12.1. The zero-order valence-corrected chi connectivity index (χ0v) is 14.8. The minimum absolute atomic E-state index is 0.0618. The summed E-state index contributed by atoms with van der Waals surface area (Å²) < 4.78 is 0. The van der Waals surface area contributed by atoms with Crippen molar-refractivity contribution in [2.45, 2.75) is 63.5 Å². The van der Waals surface area contributed by atoms with Crippen molar-refractivity contribution in [2.75, 3.05) is 33.7 Å². The summed E-state index contributed by atoms with van der Waals surface area (Å²) >= 11 is 0. The zero-order valence-electron chi connectivity index (χ0n) is 14.8. The summed E-state index contributed by atoms with van der Waals surface area (Å²) in [6, 6.07) is 0.569. The van der Waals surface area contributed by atoms with E-state index in [0.29, 0.717) is 12.0 Å². The molecule has 1 aliphatic carbocycles. The minimum Gasteiger partial charge on any atom is -0.370 e. The molecule has 2 rings (SSSR count). The van der Waals surface area contributed by atoms with Gasteiger partial charge in [-0.05, 0) is 38.6 Å². The highest BCUT2D eigenvalue weighted by atomic mass is 16.2. The Bertz CT molecular complexity index is 404. The van der Waals surface area contributed by atoms with E-state index in [-0.39, 0.29) is 11.9 Å². The largest absolute Gasteiger partial charge is 0.370 e. The Hall–Kier alpha value is -1.30. The second kappa shape index (κ2) is 9.11. The van der Waals surface area contributed by atoms with Gasteiger partial charge in [0.2, 0.25) is 5.91 Å². The van der Waals surface area contributed by atoms with Crippen LogP contribution in [0.25, 0.3) is 0 Å². The topological polar surface area (TPSA) is 74.0 Å². The van der Waals surface area contributed by atoms with Crippen LogP contribution in [-0.4, -0.2) is 67.5 Å². The fourth-order valence-electron chi connectivity index (χ4n) is 3.65. The third-order valence-corrected chi connectivity index (χ3v) is 4.93. The van der Waals surface area contributed by atoms with Gasteiger partial charge in [0.05, 0.1) is 6.04 Å². The molecule has 0 spiro atoms. The van der Waals surface area contributed by atoms with Crippen LogP contribution in [0.15, 0.2) is 4.99 Å². The van der Waals surface area contributed by atoms with Crippen molar-refractivity contribution in [2.24, 2.45) is 10.7 Å². The summed E-state index contributed by atoms with van der Waals surface area (Å²) in [5.74, 6) is 0.809. The van der Waals surface area contributed by atoms with E-state index in [1.807, 2.05) is 14.1 Å². The molecular formula is C17H33N5O. The highest BCUT2D eigenvalue weighted by molar-refractivity contribution is 5.81. The van der Waals surface area contributed by atoms with Gasteiger partial charge in [-0.15, -0.1) is 0 Å². The van der Waals surface area contributed by atoms with Crippen molar-refractivity contribution < 1.29 is 4.79 Å². The predicted molar refractivity (Wildman–Crippen MR) is 94.4 cm³/mol. The molecule has 0 bridgehead atoms. The minimum atomic E-state index is 0.0618. The van der Waals surface area contributed by atoms with Crippen molar-refractivity contribution in [3.63, 3.8) is 0 Å². The molecule has 23 heavy (non-hydrogen) atoms. The van der Waals surface area contributed by atoms with Crippen LogP contribution in [-0.2, 0) is 4.79 Å². The average Bonchev–Trinajstić information content (AvgIpc) is 3.00. The molecule has 6 heteroatoms. The standard InChI is InChI=1S/C17H33N5O/c1-21(2)16(23)15-10-6-12-22(15)13-7-11-19-17(18)20-14-8-4-3-5-9-14/h14-15H,3-13H2,1-2H3,(H3,18,19,20). The molecule has 1 saturated carbocycles. The Morgan fingerprint density at radius 3 is 2.65 bits per heavy atom. The summed E-state index contributed by atoms with van der Waals surface area (Å²) in [5.41, 5.74) is 5.98. The fraction of sp³-hybridized carbons (Fsp3) is 0.882. The number of amides is 1. The van der Waals surface area contributed by atoms with Crippen LogP contribution in [0.2, 0.25) is 0 Å². The fourth-order valence-corrected chi connectivity index (χ4v) is 3.65. The molecule has 0 radical (unpaired) electrons. The first-order valence-electron chi connectivity index (χ1n) is 9.09. The van der Waals surface area contributed by atoms with Crippen molar-refractivity contribution in [1.82, 2.24) is 15.1 Å². The van der Waals surface area contributed by atoms with Crippen LogP contribution in [0.4, 0.5) is 0 Å². The lowest BCUT2D eigenvalue weighted by atomic mass is 9.96. The van der Waals surface area contributed by atoms with Crippen molar-refractivity contribution in [3.05, 3.63) is 0 Å². The molecule has 1 atom stereocenters. The number of nitrogens with one attached hydrogen (secondary N) is 1. The predicted octanol–water partition coefficient (Wildman–Crippen LogP) is 1.17. The van der Waals surface area contributed by atoms with E-state index in [1.54, 1.807) is 4.90 Å². The SMILES string of the molecule is CN(C)C(=O)C1CCCN1CCCN=C(N)NC1CCCCC1. The van der Waals surface area contributed by atoms with Crippen LogP contribution in [0.3, 0.4) is 0 Å². The number of guanidine groups is 1. The molecular weight excluding hydrogens is 290 g/mol. The average molecular weight is 323 g/mol. The van der Waals surface area contributed by atoms with E-state index in [9.17, 15) is 4.79 Å². The van der Waals surface area contributed by atoms with Crippen molar-refractivity contribution in [1.29, 1.82) is 0 Å². The highest BCUT2D eigenvalue weighted by Gasteiger charge is 2.30. The summed E-state index contributed by atoms with van der Waals surface area (Å²) in [6.45, 7) is 2.67. The number of likely N-dealkylation sites (tertiary alicyclic amines) is 1. The first kappa shape index (κ1) is 18.0. The van der Waals surface area contributed by atoms with E-state index in [2.05, 4.69) is 15.2 Å². The lowest BCUT2D eigenvalue weighted by Crippen LogP contribution is -2.43. The van der Waals surface area contributed by atoms with Crippen molar-refractivity contribution >= 4 is 11.9 Å². The molecule has 2 aliphatic rings. The zero-order chi connectivity index (χ0) is 16.7. The molecule has 1 aliphatic heterocycles. The second-order valence-corrected chi connectivity index (χ2v) is 7.03. The van der Waals surface area contributed by atoms with Gasteiger partial charge in [-0.2, -0.15) is 0 Å². The molecule has 1 amide bonds. The highest BCUT2D eigenvalue weighted by Crippen LogP contribution is 2.19. The molecule has 0 aromatic rings. The van der Waals surface area contributed by atoms with Crippen LogP contribution in [0.1, 0.15) is 51.4 Å². The smallest absolute Gasteiger partial charge is 0.239 e. The lowest BCUT2D eigenvalue weighted by Gasteiger charge is -2.25. The summed E-state index contributed by atoms with van der Waals surface area (Å²) in [6.07, 6.45) is 9.38. The number of rotatable bonds is 6. The summed E-state index contributed by atoms with van der Waals surface area (Å²) in [4.78, 5) is 20.6. The first-order chi connectivity index (χ1) is 11.1. The maximum Gasteiger partial charge on any atom is 0.239 e. The Morgan fingerprint density at radius 2 is 1.96 bits per heavy atom. The molecule has 0 aromatic heterocycles. The molecule has 3 N–H and O–H groups in total. The van der Waals surface area contributed by atoms with Gasteiger partial charge in [-0.25, -0.2) is 0 Å². The van der Waals surface area contributed by atoms with Gasteiger partial charge in [0.15, 0.2) is 5.96 Å². The van der Waals surface area contributed by atoms with Gasteiger partial charge >= 0.3 is 0 Å². The number of nitrogens with zero attached hydrogens (tertiary/aromatic N) is 3. The Balaban J connectivity index is 1.67. The number of hydrogen-bond donors (Lipinski definition) is 2. The van der Waals surface area contributed by atoms with E-state index in [4.69, 9.17) is 5.73 Å². The van der Waals surface area contributed by atoms with Crippen LogP contribution >= 0.6 is 0 Å². The number of carbonyl (C=O) groups excluding carboxylic acids is 1. The van der Waals surface area contributed by atoms with Crippen LogP contribution in [0, 0.1) is 0 Å². The lowest BCUT2D eigenvalue weighted by molar-refractivity contribution is -0.133. The summed E-state index contributed by atoms with van der Waals surface area (Å²) in [5, 5.41) is 3.34. The number of likely N-dealkylation sites (N-methyl/N-ethyl adjacent to an activating group) is 1. The monoisotopic (exact) mass is 323 g/mol. The number of carbonyl (C=O) groups is 1. The van der Waals surface area contributed by atoms with Gasteiger partial charge in [0.25, 0.3) is 0 Å². The Morgan fingerprint density at radius 1 is 1.22 bits per heavy atom. The van der Waals surface area contributed by atoms with Crippen molar-refractivity contribution in [3.8, 4) is 0 Å². The number of hydrogen-bond acceptors (Lipinski definition) is 3. The van der Waals surface area contributed by atoms with E-state index < -0.39 is 0 Å². The molecule has 6 nitrogen and oxygen atoms in total. The normalized spacial score (nSPS) is 23.9. The van der Waals surface area contributed by atoms with E-state index in [1.165, 1.54) is 32.1 Å². The summed E-state index contributed by atoms with van der Waals surface area (Å²) in [7, 11) is 3.67. The third kappa shape index (κ3) is 5.68. The van der Waals surface area contributed by atoms with Gasteiger partial charge < -0.3 is 16.0 Å². The molecule has 0 aromatic carbocycles. The number of nitrogens with two attached hydrogens (primary N) is 1. The molecule has 1 unspecified atom stereocenters. The van der Waals surface area contributed by atoms with Crippen LogP contribution in [0.5, 0.6) is 0 Å². The third-order valence-electron chi connectivity index (χ3n) is 4.93. The van der Waals surface area contributed by atoms with Gasteiger partial charge in [-0.1, -0.05) is 19.3 Å². The van der Waals surface area contributed by atoms with Gasteiger partial charge in [0.1, 0.15) is 0 Å². The first-order valence-corrected chi connectivity index (χ1v) is 9.09. The molecule has 1 heterocycles. The van der Waals surface area contributed by atoms with Crippen LogP contribution < -0.4 is 11.1 Å². The quantitative estimate of drug-likeness (QED) is 0.437. The Labute approximate surface area is 140 Å². The van der Waals surface area contributed by atoms with Gasteiger partial charge in [0, 0.05) is 33.2 Å². The second-order valence-electron chi connectivity index (χ2n) is 7.03. The van der Waals surface area contributed by atoms with Gasteiger partial charge in [-0.3, -0.25) is 14.7 Å².